The highest BCUT2D eigenvalue weighted by Crippen LogP contribution is 2.36. The molecule has 3 rings (SSSR count). The van der Waals surface area contributed by atoms with Gasteiger partial charge in [-0.15, -0.1) is 11.3 Å². The Morgan fingerprint density at radius 1 is 0.933 bits per heavy atom. The average molecular weight is 441 g/mol. The summed E-state index contributed by atoms with van der Waals surface area (Å²) in [5.41, 5.74) is -1.11. The van der Waals surface area contributed by atoms with Crippen LogP contribution in [0.5, 0.6) is 0 Å². The van der Waals surface area contributed by atoms with Gasteiger partial charge in [-0.05, 0) is 18.6 Å². The molecule has 1 amide bonds. The molecule has 0 aliphatic heterocycles. The number of ether oxygens (including phenoxy) is 1. The Bertz CT molecular complexity index is 1100. The van der Waals surface area contributed by atoms with Crippen LogP contribution in [0, 0.1) is 29.1 Å². The zero-order valence-electron chi connectivity index (χ0n) is 15.2. The molecule has 10 heteroatoms. The molecule has 156 valence electrons. The Morgan fingerprint density at radius 3 is 2.07 bits per heavy atom. The van der Waals surface area contributed by atoms with Crippen LogP contribution in [0.25, 0.3) is 10.4 Å². The molecule has 0 bridgehead atoms. The number of anilines is 1. The maximum absolute atomic E-state index is 13.9. The Morgan fingerprint density at radius 2 is 1.50 bits per heavy atom. The Balaban J connectivity index is 2.05. The first-order valence-corrected chi connectivity index (χ1v) is 9.27. The molecule has 3 aromatic rings. The van der Waals surface area contributed by atoms with Gasteiger partial charge in [0, 0.05) is 4.88 Å². The van der Waals surface area contributed by atoms with Gasteiger partial charge in [0.25, 0.3) is 5.91 Å². The topological polar surface area (TPSA) is 55.4 Å². The second kappa shape index (κ2) is 8.62. The maximum atomic E-state index is 13.9. The summed E-state index contributed by atoms with van der Waals surface area (Å²) in [4.78, 5) is 25.1. The van der Waals surface area contributed by atoms with Crippen molar-refractivity contribution in [2.24, 2.45) is 0 Å². The van der Waals surface area contributed by atoms with Crippen molar-refractivity contribution in [3.63, 3.8) is 0 Å². The molecule has 1 aromatic heterocycles. The molecular weight excluding hydrogens is 429 g/mol. The number of nitrogens with one attached hydrogen (secondary N) is 1. The van der Waals surface area contributed by atoms with E-state index in [0.717, 1.165) is 11.3 Å². The van der Waals surface area contributed by atoms with Crippen LogP contribution in [0.3, 0.4) is 0 Å². The van der Waals surface area contributed by atoms with Crippen molar-refractivity contribution in [1.29, 1.82) is 0 Å². The van der Waals surface area contributed by atoms with E-state index < -0.39 is 46.5 Å². The van der Waals surface area contributed by atoms with Gasteiger partial charge in [0.1, 0.15) is 10.6 Å². The molecule has 0 spiro atoms. The van der Waals surface area contributed by atoms with Crippen LogP contribution in [0.2, 0.25) is 0 Å². The number of hydrogen-bond donors (Lipinski definition) is 1. The highest BCUT2D eigenvalue weighted by Gasteiger charge is 2.31. The van der Waals surface area contributed by atoms with Crippen LogP contribution in [0.1, 0.15) is 27.6 Å². The standard InChI is InChI=1S/C20H12F5NO3S/c1-2-29-20(28)10-8-11(9-6-4-3-5-7-9)30-19(10)26-18(27)12-13(21)15(23)17(25)16(24)14(12)22/h3-8H,2H2,1H3,(H,26,27). The number of rotatable bonds is 5. The molecule has 0 aliphatic carbocycles. The number of halogens is 5. The molecule has 2 aromatic carbocycles. The van der Waals surface area contributed by atoms with Crippen LogP contribution < -0.4 is 5.32 Å². The van der Waals surface area contributed by atoms with Gasteiger partial charge in [-0.25, -0.2) is 26.7 Å². The fourth-order valence-corrected chi connectivity index (χ4v) is 3.61. The smallest absolute Gasteiger partial charge is 0.341 e. The van der Waals surface area contributed by atoms with E-state index in [2.05, 4.69) is 5.32 Å². The number of amides is 1. The van der Waals surface area contributed by atoms with Gasteiger partial charge in [0.15, 0.2) is 23.3 Å². The van der Waals surface area contributed by atoms with Gasteiger partial charge in [-0.1, -0.05) is 30.3 Å². The van der Waals surface area contributed by atoms with Crippen molar-refractivity contribution >= 4 is 28.2 Å². The fraction of sp³-hybridized carbons (Fsp3) is 0.100. The third-order valence-electron chi connectivity index (χ3n) is 3.95. The number of hydrogen-bond acceptors (Lipinski definition) is 4. The second-order valence-electron chi connectivity index (χ2n) is 5.84. The molecule has 1 N–H and O–H groups in total. The largest absolute Gasteiger partial charge is 0.462 e. The van der Waals surface area contributed by atoms with E-state index in [-0.39, 0.29) is 17.2 Å². The van der Waals surface area contributed by atoms with E-state index in [0.29, 0.717) is 10.4 Å². The van der Waals surface area contributed by atoms with E-state index in [1.54, 1.807) is 37.3 Å². The average Bonchev–Trinajstić information content (AvgIpc) is 3.15. The summed E-state index contributed by atoms with van der Waals surface area (Å²) in [6.45, 7) is 1.57. The lowest BCUT2D eigenvalue weighted by Crippen LogP contribution is -2.20. The number of benzene rings is 2. The maximum Gasteiger partial charge on any atom is 0.341 e. The second-order valence-corrected chi connectivity index (χ2v) is 6.89. The predicted octanol–water partition coefficient (Wildman–Crippen LogP) is 5.54. The Labute approximate surface area is 170 Å². The lowest BCUT2D eigenvalue weighted by Gasteiger charge is -2.09. The van der Waals surface area contributed by atoms with E-state index in [1.165, 1.54) is 6.07 Å². The first-order chi connectivity index (χ1) is 14.3. The molecule has 1 heterocycles. The molecule has 0 saturated heterocycles. The molecular formula is C20H12F5NO3S. The molecule has 0 aliphatic rings. The van der Waals surface area contributed by atoms with Crippen LogP contribution >= 0.6 is 11.3 Å². The number of esters is 1. The summed E-state index contributed by atoms with van der Waals surface area (Å²) in [5, 5.41) is 1.89. The SMILES string of the molecule is CCOC(=O)c1cc(-c2ccccc2)sc1NC(=O)c1c(F)c(F)c(F)c(F)c1F. The van der Waals surface area contributed by atoms with Crippen molar-refractivity contribution in [2.45, 2.75) is 6.92 Å². The van der Waals surface area contributed by atoms with Crippen LogP contribution in [0.15, 0.2) is 36.4 Å². The minimum atomic E-state index is -2.38. The highest BCUT2D eigenvalue weighted by molar-refractivity contribution is 7.20. The Hall–Kier alpha value is -3.27. The molecule has 0 unspecified atom stereocenters. The van der Waals surface area contributed by atoms with Gasteiger partial charge < -0.3 is 10.1 Å². The zero-order chi connectivity index (χ0) is 22.0. The van der Waals surface area contributed by atoms with Crippen LogP contribution in [-0.4, -0.2) is 18.5 Å². The molecule has 0 radical (unpaired) electrons. The third kappa shape index (κ3) is 3.90. The van der Waals surface area contributed by atoms with Crippen LogP contribution in [0.4, 0.5) is 27.0 Å². The molecule has 0 atom stereocenters. The quantitative estimate of drug-likeness (QED) is 0.245. The van der Waals surface area contributed by atoms with E-state index in [4.69, 9.17) is 4.74 Å². The summed E-state index contributed by atoms with van der Waals surface area (Å²) in [7, 11) is 0. The number of thiophene rings is 1. The first kappa shape index (κ1) is 21.4. The molecule has 0 fully saturated rings. The molecule has 0 saturated carbocycles. The monoisotopic (exact) mass is 441 g/mol. The van der Waals surface area contributed by atoms with Gasteiger partial charge in [-0.2, -0.15) is 0 Å². The van der Waals surface area contributed by atoms with E-state index in [9.17, 15) is 31.5 Å². The molecule has 30 heavy (non-hydrogen) atoms. The normalized spacial score (nSPS) is 10.7. The summed E-state index contributed by atoms with van der Waals surface area (Å²) in [5.74, 6) is -13.9. The lowest BCUT2D eigenvalue weighted by molar-refractivity contribution is 0.0528. The fourth-order valence-electron chi connectivity index (χ4n) is 2.56. The van der Waals surface area contributed by atoms with Crippen molar-refractivity contribution in [2.75, 3.05) is 11.9 Å². The number of carbonyl (C=O) groups excluding carboxylic acids is 2. The summed E-state index contributed by atoms with van der Waals surface area (Å²) < 4.78 is 72.8. The summed E-state index contributed by atoms with van der Waals surface area (Å²) in [6.07, 6.45) is 0. The Kier molecular flexibility index (Phi) is 6.16. The molecule has 4 nitrogen and oxygen atoms in total. The minimum absolute atomic E-state index is 0.0143. The van der Waals surface area contributed by atoms with Crippen molar-refractivity contribution < 1.29 is 36.3 Å². The zero-order valence-corrected chi connectivity index (χ0v) is 16.0. The van der Waals surface area contributed by atoms with Gasteiger partial charge in [0.2, 0.25) is 5.82 Å². The highest BCUT2D eigenvalue weighted by atomic mass is 32.1. The van der Waals surface area contributed by atoms with Gasteiger partial charge in [-0.3, -0.25) is 4.79 Å². The lowest BCUT2D eigenvalue weighted by atomic mass is 10.1. The van der Waals surface area contributed by atoms with Crippen molar-refractivity contribution in [1.82, 2.24) is 0 Å². The summed E-state index contributed by atoms with van der Waals surface area (Å²) in [6, 6.07) is 10.0. The summed E-state index contributed by atoms with van der Waals surface area (Å²) >= 11 is 0.874. The van der Waals surface area contributed by atoms with Gasteiger partial charge >= 0.3 is 5.97 Å². The third-order valence-corrected chi connectivity index (χ3v) is 5.05. The first-order valence-electron chi connectivity index (χ1n) is 8.45. The number of carbonyl (C=O) groups is 2. The minimum Gasteiger partial charge on any atom is -0.462 e. The van der Waals surface area contributed by atoms with Crippen molar-refractivity contribution in [3.8, 4) is 10.4 Å². The predicted molar refractivity (Wildman–Crippen MR) is 99.9 cm³/mol. The van der Waals surface area contributed by atoms with E-state index >= 15 is 0 Å². The van der Waals surface area contributed by atoms with Crippen molar-refractivity contribution in [3.05, 3.63) is 76.6 Å². The van der Waals surface area contributed by atoms with Crippen LogP contribution in [-0.2, 0) is 4.74 Å². The van der Waals surface area contributed by atoms with Gasteiger partial charge in [0.05, 0.1) is 12.2 Å². The van der Waals surface area contributed by atoms with E-state index in [1.807, 2.05) is 0 Å².